The van der Waals surface area contributed by atoms with E-state index in [2.05, 4.69) is 10.6 Å². The Kier molecular flexibility index (Phi) is 7.63. The van der Waals surface area contributed by atoms with Crippen LogP contribution in [-0.2, 0) is 24.3 Å². The molecule has 0 radical (unpaired) electrons. The van der Waals surface area contributed by atoms with Crippen LogP contribution in [0.15, 0.2) is 23.1 Å². The van der Waals surface area contributed by atoms with E-state index in [1.54, 1.807) is 6.92 Å². The normalized spacial score (nSPS) is 17.8. The lowest BCUT2D eigenvalue weighted by Crippen LogP contribution is -2.45. The maximum Gasteiger partial charge on any atom is 0.338 e. The van der Waals surface area contributed by atoms with Gasteiger partial charge in [0.1, 0.15) is 0 Å². The summed E-state index contributed by atoms with van der Waals surface area (Å²) < 4.78 is 37.3. The van der Waals surface area contributed by atoms with Gasteiger partial charge in [0.15, 0.2) is 6.61 Å². The van der Waals surface area contributed by atoms with Gasteiger partial charge < -0.3 is 14.8 Å². The third kappa shape index (κ3) is 6.02. The summed E-state index contributed by atoms with van der Waals surface area (Å²) in [5.74, 6) is -1.62. The zero-order valence-corrected chi connectivity index (χ0v) is 18.2. The molecular formula is C20H27N3O7S. The number of hydrogen-bond acceptors (Lipinski definition) is 7. The van der Waals surface area contributed by atoms with E-state index in [1.165, 1.54) is 22.5 Å². The number of sulfonamides is 1. The third-order valence-corrected chi connectivity index (χ3v) is 7.33. The average Bonchev–Trinajstić information content (AvgIpc) is 3.25. The molecule has 1 saturated heterocycles. The van der Waals surface area contributed by atoms with Gasteiger partial charge in [-0.1, -0.05) is 18.9 Å². The number of imide groups is 1. The molecule has 0 spiro atoms. The Balaban J connectivity index is 1.58. The molecule has 1 aliphatic carbocycles. The predicted molar refractivity (Wildman–Crippen MR) is 110 cm³/mol. The summed E-state index contributed by atoms with van der Waals surface area (Å²) in [5, 5.41) is 4.82. The molecule has 1 aliphatic heterocycles. The lowest BCUT2D eigenvalue weighted by atomic mass is 10.1. The fourth-order valence-electron chi connectivity index (χ4n) is 3.60. The Hall–Kier alpha value is -2.50. The summed E-state index contributed by atoms with van der Waals surface area (Å²) in [7, 11) is -3.79. The van der Waals surface area contributed by atoms with Crippen LogP contribution in [0.5, 0.6) is 0 Å². The van der Waals surface area contributed by atoms with Crippen LogP contribution >= 0.6 is 0 Å². The third-order valence-electron chi connectivity index (χ3n) is 5.29. The first-order chi connectivity index (χ1) is 14.8. The largest absolute Gasteiger partial charge is 0.452 e. The van der Waals surface area contributed by atoms with Crippen molar-refractivity contribution in [2.75, 3.05) is 32.9 Å². The van der Waals surface area contributed by atoms with Gasteiger partial charge in [0.25, 0.3) is 5.91 Å². The number of amides is 3. The highest BCUT2D eigenvalue weighted by Gasteiger charge is 2.28. The molecule has 3 rings (SSSR count). The molecule has 1 aromatic carbocycles. The van der Waals surface area contributed by atoms with E-state index >= 15 is 0 Å². The number of carbonyl (C=O) groups excluding carboxylic acids is 3. The second kappa shape index (κ2) is 10.2. The molecule has 2 N–H and O–H groups in total. The molecule has 0 bridgehead atoms. The molecule has 1 aromatic rings. The Bertz CT molecular complexity index is 936. The van der Waals surface area contributed by atoms with Crippen molar-refractivity contribution in [2.45, 2.75) is 43.5 Å². The molecule has 0 aromatic heterocycles. The summed E-state index contributed by atoms with van der Waals surface area (Å²) >= 11 is 0. The first-order valence-electron chi connectivity index (χ1n) is 10.2. The first kappa shape index (κ1) is 23.2. The van der Waals surface area contributed by atoms with Crippen molar-refractivity contribution in [3.8, 4) is 0 Å². The highest BCUT2D eigenvalue weighted by Crippen LogP contribution is 2.23. The van der Waals surface area contributed by atoms with Crippen LogP contribution in [0.4, 0.5) is 4.79 Å². The molecule has 2 fully saturated rings. The van der Waals surface area contributed by atoms with Crippen molar-refractivity contribution in [3.05, 3.63) is 29.3 Å². The van der Waals surface area contributed by atoms with E-state index in [1.807, 2.05) is 0 Å². The molecule has 0 atom stereocenters. The zero-order chi connectivity index (χ0) is 22.4. The summed E-state index contributed by atoms with van der Waals surface area (Å²) in [5.41, 5.74) is 0.491. The van der Waals surface area contributed by atoms with Gasteiger partial charge in [-0.15, -0.1) is 0 Å². The molecule has 31 heavy (non-hydrogen) atoms. The topological polar surface area (TPSA) is 131 Å². The number of esters is 1. The maximum absolute atomic E-state index is 12.9. The molecular weight excluding hydrogens is 426 g/mol. The Morgan fingerprint density at radius 3 is 2.52 bits per heavy atom. The number of benzene rings is 1. The minimum absolute atomic E-state index is 0.000594. The van der Waals surface area contributed by atoms with Crippen LogP contribution in [0.1, 0.15) is 41.6 Å². The highest BCUT2D eigenvalue weighted by molar-refractivity contribution is 7.89. The van der Waals surface area contributed by atoms with Gasteiger partial charge in [-0.3, -0.25) is 10.1 Å². The number of rotatable bonds is 6. The van der Waals surface area contributed by atoms with Crippen LogP contribution in [0, 0.1) is 6.92 Å². The van der Waals surface area contributed by atoms with E-state index in [0.717, 1.165) is 25.7 Å². The van der Waals surface area contributed by atoms with Crippen molar-refractivity contribution in [3.63, 3.8) is 0 Å². The smallest absolute Gasteiger partial charge is 0.338 e. The maximum atomic E-state index is 12.9. The van der Waals surface area contributed by atoms with E-state index in [0.29, 0.717) is 18.8 Å². The van der Waals surface area contributed by atoms with Gasteiger partial charge in [-0.05, 0) is 37.5 Å². The van der Waals surface area contributed by atoms with Crippen molar-refractivity contribution < 1.29 is 32.3 Å². The highest BCUT2D eigenvalue weighted by atomic mass is 32.2. The number of morpholine rings is 1. The van der Waals surface area contributed by atoms with Gasteiger partial charge >= 0.3 is 12.0 Å². The number of nitrogens with zero attached hydrogens (tertiary/aromatic N) is 1. The van der Waals surface area contributed by atoms with Crippen LogP contribution in [0.2, 0.25) is 0 Å². The van der Waals surface area contributed by atoms with Crippen LogP contribution < -0.4 is 10.6 Å². The lowest BCUT2D eigenvalue weighted by molar-refractivity contribution is -0.123. The van der Waals surface area contributed by atoms with Gasteiger partial charge in [-0.25, -0.2) is 18.0 Å². The van der Waals surface area contributed by atoms with Gasteiger partial charge in [-0.2, -0.15) is 4.31 Å². The Morgan fingerprint density at radius 1 is 1.16 bits per heavy atom. The molecule has 0 unspecified atom stereocenters. The van der Waals surface area contributed by atoms with Gasteiger partial charge in [0.2, 0.25) is 10.0 Å². The number of carbonyl (C=O) groups is 3. The monoisotopic (exact) mass is 453 g/mol. The molecule has 3 amide bonds. The molecule has 1 saturated carbocycles. The average molecular weight is 454 g/mol. The lowest BCUT2D eigenvalue weighted by Gasteiger charge is -2.26. The number of urea groups is 1. The van der Waals surface area contributed by atoms with Crippen LogP contribution in [-0.4, -0.2) is 69.6 Å². The fourth-order valence-corrected chi connectivity index (χ4v) is 5.26. The van der Waals surface area contributed by atoms with Gasteiger partial charge in [0.05, 0.1) is 23.7 Å². The number of nitrogens with one attached hydrogen (secondary N) is 2. The second-order valence-corrected chi connectivity index (χ2v) is 9.48. The molecule has 170 valence electrons. The summed E-state index contributed by atoms with van der Waals surface area (Å²) in [4.78, 5) is 36.0. The van der Waals surface area contributed by atoms with Crippen molar-refractivity contribution >= 4 is 27.9 Å². The molecule has 11 heteroatoms. The standard InChI is InChI=1S/C20H27N3O7S/c1-14-6-7-15(12-17(14)31(27,28)23-8-10-29-11-9-23)19(25)30-13-18(24)22-20(26)21-16-4-2-3-5-16/h6-7,12,16H,2-5,8-11,13H2,1H3,(H2,21,22,24,26). The van der Waals surface area contributed by atoms with Crippen molar-refractivity contribution in [1.82, 2.24) is 14.9 Å². The molecule has 1 heterocycles. The predicted octanol–water partition coefficient (Wildman–Crippen LogP) is 0.941. The summed E-state index contributed by atoms with van der Waals surface area (Å²) in [6, 6.07) is 3.62. The van der Waals surface area contributed by atoms with Gasteiger partial charge in [0, 0.05) is 19.1 Å². The SMILES string of the molecule is Cc1ccc(C(=O)OCC(=O)NC(=O)NC2CCCC2)cc1S(=O)(=O)N1CCOCC1. The fraction of sp³-hybridized carbons (Fsp3) is 0.550. The van der Waals surface area contributed by atoms with E-state index in [-0.39, 0.29) is 29.6 Å². The van der Waals surface area contributed by atoms with E-state index in [4.69, 9.17) is 9.47 Å². The Morgan fingerprint density at radius 2 is 1.84 bits per heavy atom. The minimum atomic E-state index is -3.79. The number of aryl methyl sites for hydroxylation is 1. The Labute approximate surface area is 181 Å². The molecule has 2 aliphatic rings. The second-order valence-electron chi connectivity index (χ2n) is 7.58. The first-order valence-corrected chi connectivity index (χ1v) is 11.7. The number of ether oxygens (including phenoxy) is 2. The summed E-state index contributed by atoms with van der Waals surface area (Å²) in [6.07, 6.45) is 3.83. The van der Waals surface area contributed by atoms with Crippen LogP contribution in [0.25, 0.3) is 0 Å². The minimum Gasteiger partial charge on any atom is -0.452 e. The van der Waals surface area contributed by atoms with Crippen LogP contribution in [0.3, 0.4) is 0 Å². The van der Waals surface area contributed by atoms with E-state index in [9.17, 15) is 22.8 Å². The molecule has 10 nitrogen and oxygen atoms in total. The number of hydrogen-bond donors (Lipinski definition) is 2. The summed E-state index contributed by atoms with van der Waals surface area (Å²) in [6.45, 7) is 2.07. The van der Waals surface area contributed by atoms with Crippen molar-refractivity contribution in [2.24, 2.45) is 0 Å². The van der Waals surface area contributed by atoms with Crippen molar-refractivity contribution in [1.29, 1.82) is 0 Å². The quantitative estimate of drug-likeness (QED) is 0.613. The zero-order valence-electron chi connectivity index (χ0n) is 17.4. The van der Waals surface area contributed by atoms with E-state index < -0.39 is 34.5 Å².